The molecule has 0 aromatic carbocycles. The van der Waals surface area contributed by atoms with Crippen LogP contribution < -0.4 is 0 Å². The second-order valence-corrected chi connectivity index (χ2v) is 7.39. The Hall–Kier alpha value is -1.35. The molecule has 0 aromatic rings. The first kappa shape index (κ1) is 19.0. The SMILES string of the molecule is C=C(C)[C@@H]1CCC(C)=C[C@H]1C1=C(O)C=C(CCCCC)C(F)C1O. The molecule has 0 amide bonds. The van der Waals surface area contributed by atoms with Crippen molar-refractivity contribution < 1.29 is 14.6 Å². The Morgan fingerprint density at radius 3 is 2.71 bits per heavy atom. The van der Waals surface area contributed by atoms with Gasteiger partial charge in [0.05, 0.1) is 0 Å². The molecule has 0 radical (unpaired) electrons. The van der Waals surface area contributed by atoms with E-state index in [2.05, 4.69) is 19.6 Å². The first-order chi connectivity index (χ1) is 11.4. The van der Waals surface area contributed by atoms with Gasteiger partial charge in [0.15, 0.2) is 6.17 Å². The van der Waals surface area contributed by atoms with Gasteiger partial charge in [-0.25, -0.2) is 4.39 Å². The molecule has 2 nitrogen and oxygen atoms in total. The van der Waals surface area contributed by atoms with Gasteiger partial charge in [-0.15, -0.1) is 0 Å². The first-order valence-electron chi connectivity index (χ1n) is 9.15. The van der Waals surface area contributed by atoms with Crippen LogP contribution >= 0.6 is 0 Å². The van der Waals surface area contributed by atoms with Crippen molar-refractivity contribution in [2.24, 2.45) is 11.8 Å². The highest BCUT2D eigenvalue weighted by atomic mass is 19.1. The van der Waals surface area contributed by atoms with E-state index in [0.717, 1.165) is 37.7 Å². The lowest BCUT2D eigenvalue weighted by Gasteiger charge is -2.37. The summed E-state index contributed by atoms with van der Waals surface area (Å²) in [6.45, 7) is 10.2. The number of alkyl halides is 1. The third-order valence-corrected chi connectivity index (χ3v) is 5.38. The van der Waals surface area contributed by atoms with Crippen molar-refractivity contribution in [3.8, 4) is 0 Å². The van der Waals surface area contributed by atoms with Crippen molar-refractivity contribution >= 4 is 0 Å². The maximum atomic E-state index is 14.8. The third-order valence-electron chi connectivity index (χ3n) is 5.38. The quantitative estimate of drug-likeness (QED) is 0.493. The van der Waals surface area contributed by atoms with Gasteiger partial charge in [-0.2, -0.15) is 0 Å². The van der Waals surface area contributed by atoms with E-state index >= 15 is 0 Å². The highest BCUT2D eigenvalue weighted by molar-refractivity contribution is 5.40. The summed E-state index contributed by atoms with van der Waals surface area (Å²) in [4.78, 5) is 0. The van der Waals surface area contributed by atoms with Crippen LogP contribution in [-0.2, 0) is 0 Å². The van der Waals surface area contributed by atoms with Gasteiger partial charge in [0.1, 0.15) is 11.9 Å². The van der Waals surface area contributed by atoms with E-state index in [9.17, 15) is 14.6 Å². The minimum absolute atomic E-state index is 0.0464. The molecule has 0 aliphatic heterocycles. The van der Waals surface area contributed by atoms with Gasteiger partial charge in [-0.05, 0) is 57.1 Å². The normalized spacial score (nSPS) is 30.9. The largest absolute Gasteiger partial charge is 0.508 e. The first-order valence-corrected chi connectivity index (χ1v) is 9.15. The minimum atomic E-state index is -1.42. The summed E-state index contributed by atoms with van der Waals surface area (Å²) < 4.78 is 14.8. The van der Waals surface area contributed by atoms with Gasteiger partial charge in [-0.3, -0.25) is 0 Å². The number of allylic oxidation sites excluding steroid dienone is 4. The van der Waals surface area contributed by atoms with Crippen LogP contribution in [0, 0.1) is 11.8 Å². The minimum Gasteiger partial charge on any atom is -0.508 e. The molecule has 2 aliphatic carbocycles. The average molecular weight is 334 g/mol. The number of rotatable bonds is 6. The van der Waals surface area contributed by atoms with E-state index in [4.69, 9.17) is 0 Å². The lowest BCUT2D eigenvalue weighted by molar-refractivity contribution is 0.104. The van der Waals surface area contributed by atoms with Gasteiger partial charge in [0, 0.05) is 11.5 Å². The summed E-state index contributed by atoms with van der Waals surface area (Å²) >= 11 is 0. The molecule has 0 spiro atoms. The number of aliphatic hydroxyl groups excluding tert-OH is 2. The summed E-state index contributed by atoms with van der Waals surface area (Å²) in [7, 11) is 0. The molecule has 4 atom stereocenters. The molecular formula is C21H31FO2. The number of halogens is 1. The maximum absolute atomic E-state index is 14.8. The zero-order valence-electron chi connectivity index (χ0n) is 15.2. The average Bonchev–Trinajstić information content (AvgIpc) is 2.52. The van der Waals surface area contributed by atoms with Crippen molar-refractivity contribution in [2.45, 2.75) is 71.6 Å². The van der Waals surface area contributed by atoms with Gasteiger partial charge in [-0.1, -0.05) is 43.6 Å². The van der Waals surface area contributed by atoms with E-state index in [1.165, 1.54) is 5.57 Å². The van der Waals surface area contributed by atoms with Crippen LogP contribution in [0.3, 0.4) is 0 Å². The van der Waals surface area contributed by atoms with E-state index in [1.807, 2.05) is 13.8 Å². The van der Waals surface area contributed by atoms with Crippen LogP contribution in [0.2, 0.25) is 0 Å². The number of aliphatic hydroxyl groups is 2. The highest BCUT2D eigenvalue weighted by Gasteiger charge is 2.39. The molecule has 2 rings (SSSR count). The summed E-state index contributed by atoms with van der Waals surface area (Å²) in [5.74, 6) is 0.0192. The van der Waals surface area contributed by atoms with E-state index in [1.54, 1.807) is 6.08 Å². The Kier molecular flexibility index (Phi) is 6.45. The molecule has 0 bridgehead atoms. The van der Waals surface area contributed by atoms with Crippen molar-refractivity contribution in [3.05, 3.63) is 46.8 Å². The van der Waals surface area contributed by atoms with E-state index < -0.39 is 12.3 Å². The Morgan fingerprint density at radius 2 is 2.08 bits per heavy atom. The standard InChI is InChI=1S/C21H31FO2/c1-5-6-7-8-15-12-18(23)19(21(24)20(15)22)17-11-14(4)9-10-16(17)13(2)3/h11-12,16-17,20-21,23-24H,2,5-10H2,1,3-4H3/t16-,17+,20?,21?/m0/s1. The van der Waals surface area contributed by atoms with Gasteiger partial charge in [0.25, 0.3) is 0 Å². The molecule has 24 heavy (non-hydrogen) atoms. The second-order valence-electron chi connectivity index (χ2n) is 7.39. The predicted octanol–water partition coefficient (Wildman–Crippen LogP) is 5.57. The fraction of sp³-hybridized carbons (Fsp3) is 0.619. The number of hydrogen-bond donors (Lipinski definition) is 2. The molecule has 0 saturated heterocycles. The summed E-state index contributed by atoms with van der Waals surface area (Å²) in [6.07, 6.45) is 6.41. The molecule has 0 saturated carbocycles. The zero-order valence-corrected chi connectivity index (χ0v) is 15.2. The maximum Gasteiger partial charge on any atom is 0.151 e. The summed E-state index contributed by atoms with van der Waals surface area (Å²) in [5.41, 5.74) is 3.18. The van der Waals surface area contributed by atoms with Crippen LogP contribution in [0.4, 0.5) is 4.39 Å². The molecular weight excluding hydrogens is 303 g/mol. The predicted molar refractivity (Wildman–Crippen MR) is 97.6 cm³/mol. The third kappa shape index (κ3) is 4.00. The van der Waals surface area contributed by atoms with Gasteiger partial charge in [0.2, 0.25) is 0 Å². The van der Waals surface area contributed by atoms with Crippen LogP contribution in [0.1, 0.15) is 59.3 Å². The van der Waals surface area contributed by atoms with Crippen molar-refractivity contribution in [1.29, 1.82) is 0 Å². The van der Waals surface area contributed by atoms with Gasteiger partial charge >= 0.3 is 0 Å². The molecule has 2 unspecified atom stereocenters. The fourth-order valence-corrected chi connectivity index (χ4v) is 3.94. The number of hydrogen-bond acceptors (Lipinski definition) is 2. The lowest BCUT2D eigenvalue weighted by atomic mass is 9.70. The second kappa shape index (κ2) is 8.15. The molecule has 3 heteroatoms. The molecule has 0 fully saturated rings. The van der Waals surface area contributed by atoms with Crippen LogP contribution in [-0.4, -0.2) is 22.5 Å². The molecule has 2 N–H and O–H groups in total. The van der Waals surface area contributed by atoms with Gasteiger partial charge < -0.3 is 10.2 Å². The van der Waals surface area contributed by atoms with Crippen molar-refractivity contribution in [2.75, 3.05) is 0 Å². The lowest BCUT2D eigenvalue weighted by Crippen LogP contribution is -2.36. The Bertz CT molecular complexity index is 570. The molecule has 0 aromatic heterocycles. The molecule has 0 heterocycles. The van der Waals surface area contributed by atoms with Crippen LogP contribution in [0.15, 0.2) is 46.8 Å². The summed E-state index contributed by atoms with van der Waals surface area (Å²) in [6, 6.07) is 0. The van der Waals surface area contributed by atoms with Crippen LogP contribution in [0.5, 0.6) is 0 Å². The Labute approximate surface area is 145 Å². The fourth-order valence-electron chi connectivity index (χ4n) is 3.94. The Morgan fingerprint density at radius 1 is 1.38 bits per heavy atom. The van der Waals surface area contributed by atoms with Crippen molar-refractivity contribution in [1.82, 2.24) is 0 Å². The highest BCUT2D eigenvalue weighted by Crippen LogP contribution is 2.42. The van der Waals surface area contributed by atoms with Crippen LogP contribution in [0.25, 0.3) is 0 Å². The Balaban J connectivity index is 2.34. The van der Waals surface area contributed by atoms with E-state index in [0.29, 0.717) is 17.6 Å². The van der Waals surface area contributed by atoms with Crippen molar-refractivity contribution in [3.63, 3.8) is 0 Å². The summed E-state index contributed by atoms with van der Waals surface area (Å²) in [5, 5.41) is 21.1. The number of unbranched alkanes of at least 4 members (excludes halogenated alkanes) is 2. The molecule has 2 aliphatic rings. The zero-order chi connectivity index (χ0) is 17.9. The smallest absolute Gasteiger partial charge is 0.151 e. The van der Waals surface area contributed by atoms with E-state index in [-0.39, 0.29) is 17.6 Å². The topological polar surface area (TPSA) is 40.5 Å². The monoisotopic (exact) mass is 334 g/mol. The molecule has 134 valence electrons.